The number of benzene rings is 6. The molecule has 0 fully saturated rings. The molecule has 45 heavy (non-hydrogen) atoms. The molecule has 0 saturated heterocycles. The average Bonchev–Trinajstić information content (AvgIpc) is 3.74. The molecule has 1 aromatic heterocycles. The number of hydrogen-bond donors (Lipinski definition) is 0. The zero-order chi connectivity index (χ0) is 31.4. The second kappa shape index (κ2) is 20.4. The Labute approximate surface area is 284 Å². The average molecular weight is 729 g/mol. The maximum atomic E-state index is 4.57. The van der Waals surface area contributed by atoms with Gasteiger partial charge in [0.15, 0.2) is 0 Å². The van der Waals surface area contributed by atoms with Crippen molar-refractivity contribution in [2.75, 3.05) is 0 Å². The third kappa shape index (κ3) is 11.0. The van der Waals surface area contributed by atoms with Crippen molar-refractivity contribution in [1.82, 2.24) is 4.98 Å². The number of rotatable bonds is 6. The van der Waals surface area contributed by atoms with Crippen molar-refractivity contribution in [1.29, 1.82) is 0 Å². The molecule has 1 heterocycles. The van der Waals surface area contributed by atoms with E-state index in [0.717, 1.165) is 0 Å². The molecule has 0 atom stereocenters. The number of halogens is 1. The van der Waals surface area contributed by atoms with Crippen molar-refractivity contribution in [2.45, 2.75) is 0 Å². The SMILES string of the molecule is [Cl][Ru+].c1cc[n-]c1.c1ccc([PH+](c2ccccc2)c2ccccc2)cc1.c1ccc([PH+](c2ccccc2)c2ccccc2)cc1. The van der Waals surface area contributed by atoms with Crippen LogP contribution < -0.4 is 36.8 Å². The molecule has 0 aliphatic rings. The Morgan fingerprint density at radius 2 is 0.467 bits per heavy atom. The Kier molecular flexibility index (Phi) is 15.5. The van der Waals surface area contributed by atoms with Gasteiger partial charge in [0.25, 0.3) is 0 Å². The Hall–Kier alpha value is -3.63. The fraction of sp³-hybridized carbons (Fsp3) is 0. The molecule has 6 aromatic carbocycles. The molecule has 0 amide bonds. The van der Waals surface area contributed by atoms with Crippen LogP contribution in [0.15, 0.2) is 207 Å². The van der Waals surface area contributed by atoms with Crippen LogP contribution in [0, 0.1) is 0 Å². The van der Waals surface area contributed by atoms with Gasteiger partial charge in [0.1, 0.15) is 31.8 Å². The Morgan fingerprint density at radius 3 is 0.600 bits per heavy atom. The zero-order valence-electron chi connectivity index (χ0n) is 24.8. The van der Waals surface area contributed by atoms with Gasteiger partial charge in [-0.1, -0.05) is 121 Å². The van der Waals surface area contributed by atoms with Crippen LogP contribution in [-0.2, 0) is 17.3 Å². The van der Waals surface area contributed by atoms with Crippen molar-refractivity contribution >= 4 is 57.4 Å². The first-order valence-corrected chi connectivity index (χ1v) is 19.9. The van der Waals surface area contributed by atoms with Crippen LogP contribution >= 0.6 is 25.5 Å². The van der Waals surface area contributed by atoms with E-state index >= 15 is 0 Å². The van der Waals surface area contributed by atoms with Gasteiger partial charge in [0.2, 0.25) is 0 Å². The van der Waals surface area contributed by atoms with Gasteiger partial charge in [0.05, 0.1) is 15.8 Å². The molecule has 224 valence electrons. The molecule has 7 rings (SSSR count). The van der Waals surface area contributed by atoms with E-state index in [4.69, 9.17) is 0 Å². The first-order chi connectivity index (χ1) is 22.4. The summed E-state index contributed by atoms with van der Waals surface area (Å²) >= 11 is 1.82. The zero-order valence-corrected chi connectivity index (χ0v) is 29.3. The van der Waals surface area contributed by atoms with Crippen LogP contribution in [0.1, 0.15) is 0 Å². The number of hydrogen-bond acceptors (Lipinski definition) is 0. The van der Waals surface area contributed by atoms with E-state index in [0.29, 0.717) is 0 Å². The van der Waals surface area contributed by atoms with E-state index in [-0.39, 0.29) is 0 Å². The molecule has 5 heteroatoms. The Bertz CT molecular complexity index is 1370. The van der Waals surface area contributed by atoms with Gasteiger partial charge in [-0.25, -0.2) is 0 Å². The van der Waals surface area contributed by atoms with Crippen molar-refractivity contribution in [3.8, 4) is 0 Å². The monoisotopic (exact) mass is 729 g/mol. The summed E-state index contributed by atoms with van der Waals surface area (Å²) in [6.07, 6.45) is 3.50. The van der Waals surface area contributed by atoms with Crippen molar-refractivity contribution in [3.05, 3.63) is 207 Å². The van der Waals surface area contributed by atoms with Gasteiger partial charge in [-0.2, -0.15) is 12.4 Å². The minimum atomic E-state index is -0.877. The second-order valence-electron chi connectivity index (χ2n) is 9.78. The van der Waals surface area contributed by atoms with Gasteiger partial charge < -0.3 is 4.98 Å². The molecule has 1 nitrogen and oxygen atoms in total. The third-order valence-electron chi connectivity index (χ3n) is 6.83. The summed E-state index contributed by atoms with van der Waals surface area (Å²) < 4.78 is 0. The van der Waals surface area contributed by atoms with Crippen LogP contribution in [0.5, 0.6) is 0 Å². The molecule has 0 aliphatic heterocycles. The summed E-state index contributed by atoms with van der Waals surface area (Å²) in [5.41, 5.74) is 0. The van der Waals surface area contributed by atoms with Gasteiger partial charge in [0, 0.05) is 0 Å². The van der Waals surface area contributed by atoms with E-state index in [2.05, 4.69) is 197 Å². The predicted octanol–water partition coefficient (Wildman–Crippen LogP) is 7.69. The summed E-state index contributed by atoms with van der Waals surface area (Å²) in [7, 11) is 2.81. The minimum absolute atomic E-state index is 0.877. The van der Waals surface area contributed by atoms with Crippen LogP contribution in [0.25, 0.3) is 0 Å². The van der Waals surface area contributed by atoms with Crippen molar-refractivity contribution in [3.63, 3.8) is 0 Å². The predicted molar refractivity (Wildman–Crippen MR) is 199 cm³/mol. The van der Waals surface area contributed by atoms with Crippen molar-refractivity contribution in [2.24, 2.45) is 0 Å². The first kappa shape index (κ1) is 34.3. The molecule has 0 aliphatic carbocycles. The molecular formula is C40H36ClNP2Ru+2. The van der Waals surface area contributed by atoms with Crippen LogP contribution in [0.3, 0.4) is 0 Å². The first-order valence-electron chi connectivity index (χ1n) is 14.6. The minimum Gasteiger partial charge on any atom is -0.670 e. The molecule has 0 bridgehead atoms. The normalized spacial score (nSPS) is 9.96. The van der Waals surface area contributed by atoms with Crippen LogP contribution in [0.4, 0.5) is 0 Å². The number of nitrogens with zero attached hydrogens (tertiary/aromatic N) is 1. The molecule has 7 aromatic rings. The van der Waals surface area contributed by atoms with Gasteiger partial charge >= 0.3 is 27.0 Å². The van der Waals surface area contributed by atoms with Gasteiger partial charge in [-0.15, -0.1) is 0 Å². The molecule has 0 N–H and O–H groups in total. The fourth-order valence-electron chi connectivity index (χ4n) is 4.88. The van der Waals surface area contributed by atoms with Crippen molar-refractivity contribution < 1.29 is 17.3 Å². The maximum absolute atomic E-state index is 4.57. The smallest absolute Gasteiger partial charge is 0.102 e. The Morgan fingerprint density at radius 1 is 0.289 bits per heavy atom. The van der Waals surface area contributed by atoms with E-state index in [1.54, 1.807) is 12.4 Å². The van der Waals surface area contributed by atoms with E-state index in [1.807, 2.05) is 29.4 Å². The summed E-state index contributed by atoms with van der Waals surface area (Å²) in [6.45, 7) is 0. The third-order valence-corrected chi connectivity index (χ3v) is 12.3. The Balaban J connectivity index is 0.000000169. The van der Waals surface area contributed by atoms with E-state index in [9.17, 15) is 0 Å². The van der Waals surface area contributed by atoms with Gasteiger partial charge in [-0.05, 0) is 72.8 Å². The standard InChI is InChI=1S/2C18H15P.C4H4N.ClH.Ru/c2*1-4-10-16(11-5-1)19(17-12-6-2-7-13-17)18-14-8-3-9-15-18;1-2-4-5-3-1;;/h2*1-15H;1-4H;1H;/q;;-1;;+2/p+1. The van der Waals surface area contributed by atoms with Crippen LogP contribution in [0.2, 0.25) is 0 Å². The summed E-state index contributed by atoms with van der Waals surface area (Å²) in [4.78, 5) is 3.72. The maximum Gasteiger partial charge on any atom is 0.102 e. The molecule has 0 unspecified atom stereocenters. The summed E-state index contributed by atoms with van der Waals surface area (Å²) in [6, 6.07) is 68.8. The number of aromatic nitrogens is 1. The van der Waals surface area contributed by atoms with Crippen LogP contribution in [-0.4, -0.2) is 0 Å². The topological polar surface area (TPSA) is 14.1 Å². The molecule has 0 saturated carbocycles. The molecule has 0 spiro atoms. The molecule has 0 radical (unpaired) electrons. The van der Waals surface area contributed by atoms with E-state index in [1.165, 1.54) is 31.8 Å². The summed E-state index contributed by atoms with van der Waals surface area (Å²) in [5.74, 6) is 0. The second-order valence-corrected chi connectivity index (χ2v) is 14.7. The fourth-order valence-corrected chi connectivity index (χ4v) is 10.0. The van der Waals surface area contributed by atoms with Gasteiger partial charge in [-0.3, -0.25) is 0 Å². The van der Waals surface area contributed by atoms with E-state index < -0.39 is 15.8 Å². The largest absolute Gasteiger partial charge is 0.670 e. The summed E-state index contributed by atoms with van der Waals surface area (Å²) in [5, 5.41) is 8.61. The quantitative estimate of drug-likeness (QED) is 0.127. The molecular weight excluding hydrogens is 693 g/mol.